The lowest BCUT2D eigenvalue weighted by molar-refractivity contribution is 1.29. The third-order valence-electron chi connectivity index (χ3n) is 15.0. The van der Waals surface area contributed by atoms with E-state index < -0.39 is 0 Å². The molecule has 0 aliphatic rings. The number of rotatable bonds is 8. The van der Waals surface area contributed by atoms with Gasteiger partial charge in [-0.3, -0.25) is 0 Å². The third-order valence-corrected chi connectivity index (χ3v) is 15.0. The highest BCUT2D eigenvalue weighted by atomic mass is 15.1. The number of nitrogens with zero attached hydrogens (tertiary/aromatic N) is 1. The fraction of sp³-hybridized carbons (Fsp3) is 0. The lowest BCUT2D eigenvalue weighted by Gasteiger charge is -2.26. The Morgan fingerprint density at radius 1 is 0.192 bits per heavy atom. The van der Waals surface area contributed by atoms with Crippen molar-refractivity contribution in [3.63, 3.8) is 0 Å². The van der Waals surface area contributed by atoms with Crippen molar-refractivity contribution >= 4 is 81.7 Å². The monoisotopic (exact) mass is 925 g/mol. The second-order valence-electron chi connectivity index (χ2n) is 19.2. The van der Waals surface area contributed by atoms with E-state index in [1.807, 2.05) is 0 Å². The molecule has 0 bridgehead atoms. The van der Waals surface area contributed by atoms with Gasteiger partial charge in [0.05, 0.1) is 0 Å². The number of hydrogen-bond donors (Lipinski definition) is 0. The van der Waals surface area contributed by atoms with Gasteiger partial charge in [-0.1, -0.05) is 224 Å². The Labute approximate surface area is 425 Å². The minimum atomic E-state index is 1.09. The van der Waals surface area contributed by atoms with Crippen LogP contribution in [0.1, 0.15) is 0 Å². The molecule has 0 spiro atoms. The molecule has 0 aliphatic heterocycles. The Kier molecular flexibility index (Phi) is 10.3. The molecule has 0 fully saturated rings. The molecule has 0 radical (unpaired) electrons. The van der Waals surface area contributed by atoms with Crippen LogP contribution in [-0.2, 0) is 0 Å². The first-order chi connectivity index (χ1) is 36.2. The van der Waals surface area contributed by atoms with Crippen LogP contribution in [-0.4, -0.2) is 0 Å². The van der Waals surface area contributed by atoms with Gasteiger partial charge in [-0.25, -0.2) is 0 Å². The van der Waals surface area contributed by atoms with E-state index >= 15 is 0 Å². The summed E-state index contributed by atoms with van der Waals surface area (Å²) < 4.78 is 0. The second kappa shape index (κ2) is 17.7. The summed E-state index contributed by atoms with van der Waals surface area (Å²) in [4.78, 5) is 2.37. The Morgan fingerprint density at radius 2 is 0.685 bits per heavy atom. The Balaban J connectivity index is 1.09. The van der Waals surface area contributed by atoms with Crippen molar-refractivity contribution in [3.8, 4) is 55.6 Å². The molecule has 14 rings (SSSR count). The van der Waals surface area contributed by atoms with Gasteiger partial charge in [0.1, 0.15) is 0 Å². The van der Waals surface area contributed by atoms with E-state index in [2.05, 4.69) is 290 Å². The molecule has 0 atom stereocenters. The maximum atomic E-state index is 2.48. The normalized spacial score (nSPS) is 11.6. The summed E-state index contributed by atoms with van der Waals surface area (Å²) in [6, 6.07) is 105. The zero-order chi connectivity index (χ0) is 48.2. The summed E-state index contributed by atoms with van der Waals surface area (Å²) in [6.45, 7) is 0. The smallest absolute Gasteiger partial charge is 0.0468 e. The van der Waals surface area contributed by atoms with Crippen LogP contribution in [0.4, 0.5) is 17.1 Å². The minimum Gasteiger partial charge on any atom is -0.310 e. The van der Waals surface area contributed by atoms with Crippen molar-refractivity contribution in [1.82, 2.24) is 0 Å². The highest BCUT2D eigenvalue weighted by Crippen LogP contribution is 2.51. The third kappa shape index (κ3) is 7.33. The predicted octanol–water partition coefficient (Wildman–Crippen LogP) is 20.4. The number of hydrogen-bond acceptors (Lipinski definition) is 1. The van der Waals surface area contributed by atoms with Crippen LogP contribution in [0.2, 0.25) is 0 Å². The van der Waals surface area contributed by atoms with Crippen LogP contribution in [0, 0.1) is 0 Å². The highest BCUT2D eigenvalue weighted by molar-refractivity contribution is 6.34. The fourth-order valence-corrected chi connectivity index (χ4v) is 11.6. The van der Waals surface area contributed by atoms with Gasteiger partial charge in [0.15, 0.2) is 0 Å². The molecule has 340 valence electrons. The van der Waals surface area contributed by atoms with Crippen LogP contribution in [0.15, 0.2) is 285 Å². The molecule has 14 aromatic carbocycles. The Bertz CT molecular complexity index is 4390. The summed E-state index contributed by atoms with van der Waals surface area (Å²) in [5.74, 6) is 0. The second-order valence-corrected chi connectivity index (χ2v) is 19.2. The van der Waals surface area contributed by atoms with Crippen LogP contribution in [0.25, 0.3) is 120 Å². The van der Waals surface area contributed by atoms with Gasteiger partial charge in [0.2, 0.25) is 0 Å². The number of para-hydroxylation sites is 1. The molecule has 0 saturated heterocycles. The highest BCUT2D eigenvalue weighted by Gasteiger charge is 2.24. The van der Waals surface area contributed by atoms with Crippen LogP contribution < -0.4 is 4.90 Å². The van der Waals surface area contributed by atoms with E-state index in [-0.39, 0.29) is 0 Å². The summed E-state index contributed by atoms with van der Waals surface area (Å²) in [5, 5.41) is 14.9. The molecule has 1 nitrogen and oxygen atoms in total. The van der Waals surface area contributed by atoms with Crippen molar-refractivity contribution in [1.29, 1.82) is 0 Å². The van der Waals surface area contributed by atoms with Gasteiger partial charge in [0.25, 0.3) is 0 Å². The average molecular weight is 926 g/mol. The largest absolute Gasteiger partial charge is 0.310 e. The van der Waals surface area contributed by atoms with Crippen LogP contribution >= 0.6 is 0 Å². The average Bonchev–Trinajstić information content (AvgIpc) is 3.47. The first-order valence-electron chi connectivity index (χ1n) is 25.2. The van der Waals surface area contributed by atoms with Crippen molar-refractivity contribution in [2.75, 3.05) is 4.90 Å². The topological polar surface area (TPSA) is 3.24 Å². The van der Waals surface area contributed by atoms with E-state index in [0.717, 1.165) is 22.6 Å². The molecule has 73 heavy (non-hydrogen) atoms. The quantitative estimate of drug-likeness (QED) is 0.137. The first kappa shape index (κ1) is 42.3. The van der Waals surface area contributed by atoms with Crippen molar-refractivity contribution < 1.29 is 0 Å². The Hall–Kier alpha value is -9.56. The molecule has 14 aromatic rings. The standard InChI is InChI=1S/C72H47N/c1-5-19-48(20-6-1)54-36-41-63-68(44-54)69-46-56(65-45-55-27-15-16-30-60(55)61-31-17-18-32-62(61)65)37-42-64(69)72-70(66(50-22-7-2-8-23-50)47-67(71(63)72)51-24-9-3-10-25-51)52-34-38-58(39-35-52)73(57-28-11-4-12-29-57)59-40-33-49-21-13-14-26-53(49)43-59/h1-47H. The number of benzene rings is 14. The molecular formula is C72H47N. The van der Waals surface area contributed by atoms with E-state index in [0.29, 0.717) is 0 Å². The van der Waals surface area contributed by atoms with E-state index in [4.69, 9.17) is 0 Å². The maximum Gasteiger partial charge on any atom is 0.0468 e. The summed E-state index contributed by atoms with van der Waals surface area (Å²) in [6.07, 6.45) is 0. The predicted molar refractivity (Wildman–Crippen MR) is 313 cm³/mol. The molecular weight excluding hydrogens is 879 g/mol. The molecule has 0 aromatic heterocycles. The van der Waals surface area contributed by atoms with E-state index in [9.17, 15) is 0 Å². The lowest BCUT2D eigenvalue weighted by Crippen LogP contribution is -2.09. The fourth-order valence-electron chi connectivity index (χ4n) is 11.6. The first-order valence-corrected chi connectivity index (χ1v) is 25.2. The molecule has 0 amide bonds. The van der Waals surface area contributed by atoms with Crippen molar-refractivity contribution in [3.05, 3.63) is 285 Å². The van der Waals surface area contributed by atoms with Gasteiger partial charge < -0.3 is 4.90 Å². The van der Waals surface area contributed by atoms with Gasteiger partial charge in [-0.05, 0) is 181 Å². The maximum absolute atomic E-state index is 2.48. The van der Waals surface area contributed by atoms with E-state index in [1.54, 1.807) is 0 Å². The number of anilines is 3. The Morgan fingerprint density at radius 3 is 1.38 bits per heavy atom. The zero-order valence-electron chi connectivity index (χ0n) is 40.1. The number of fused-ring (bicyclic) bond motifs is 10. The van der Waals surface area contributed by atoms with Gasteiger partial charge in [0, 0.05) is 17.1 Å². The molecule has 0 heterocycles. The SMILES string of the molecule is c1ccc(-c2ccc3c(c2)c2cc(-c4cc5ccccc5c5ccccc45)ccc2c2c(-c4ccc(N(c5ccccc5)c5ccc6ccccc6c5)cc4)c(-c4ccccc4)cc(-c4ccccc4)c32)cc1. The lowest BCUT2D eigenvalue weighted by atomic mass is 9.80. The molecule has 0 unspecified atom stereocenters. The summed E-state index contributed by atoms with van der Waals surface area (Å²) in [7, 11) is 0. The van der Waals surface area contributed by atoms with E-state index in [1.165, 1.54) is 115 Å². The van der Waals surface area contributed by atoms with Crippen molar-refractivity contribution in [2.24, 2.45) is 0 Å². The van der Waals surface area contributed by atoms with Gasteiger partial charge >= 0.3 is 0 Å². The van der Waals surface area contributed by atoms with Gasteiger partial charge in [-0.15, -0.1) is 0 Å². The summed E-state index contributed by atoms with van der Waals surface area (Å²) in [5.41, 5.74) is 15.3. The molecule has 0 N–H and O–H groups in total. The molecule has 0 aliphatic carbocycles. The van der Waals surface area contributed by atoms with Gasteiger partial charge in [-0.2, -0.15) is 0 Å². The zero-order valence-corrected chi connectivity index (χ0v) is 40.1. The minimum absolute atomic E-state index is 1.09. The molecule has 1 heteroatoms. The van der Waals surface area contributed by atoms with Crippen molar-refractivity contribution in [2.45, 2.75) is 0 Å². The van der Waals surface area contributed by atoms with Crippen LogP contribution in [0.3, 0.4) is 0 Å². The molecule has 0 saturated carbocycles. The van der Waals surface area contributed by atoms with Crippen LogP contribution in [0.5, 0.6) is 0 Å². The summed E-state index contributed by atoms with van der Waals surface area (Å²) >= 11 is 0.